The van der Waals surface area contributed by atoms with Crippen LogP contribution in [0.4, 0.5) is 4.79 Å². The second-order valence-electron chi connectivity index (χ2n) is 5.69. The van der Waals surface area contributed by atoms with Crippen molar-refractivity contribution in [1.29, 1.82) is 0 Å². The fourth-order valence-electron chi connectivity index (χ4n) is 2.06. The van der Waals surface area contributed by atoms with Crippen LogP contribution in [0.2, 0.25) is 0 Å². The summed E-state index contributed by atoms with van der Waals surface area (Å²) in [7, 11) is -0.443. The molecule has 0 N–H and O–H groups in total. The topological polar surface area (TPSA) is 48.0 Å². The molecule has 1 atom stereocenters. The number of hydrogen-bond acceptors (Lipinski definition) is 4. The Labute approximate surface area is 114 Å². The van der Waals surface area contributed by atoms with Gasteiger partial charge in [-0.25, -0.2) is 4.79 Å². The van der Waals surface area contributed by atoms with Gasteiger partial charge in [-0.05, 0) is 33.6 Å². The van der Waals surface area contributed by atoms with E-state index in [1.54, 1.807) is 4.90 Å². The number of carbonyl (C=O) groups is 1. The van der Waals surface area contributed by atoms with Gasteiger partial charge < -0.3 is 14.0 Å². The van der Waals surface area contributed by atoms with E-state index in [9.17, 15) is 4.79 Å². The number of carbonyl (C=O) groups excluding carboxylic acids is 1. The number of hydrogen-bond donors (Lipinski definition) is 0. The molecule has 0 spiro atoms. The molecule has 0 aromatic heterocycles. The van der Waals surface area contributed by atoms with Gasteiger partial charge in [-0.2, -0.15) is 0 Å². The molecule has 2 heterocycles. The maximum absolute atomic E-state index is 12.0. The van der Waals surface area contributed by atoms with Crippen LogP contribution >= 0.6 is 0 Å². The Morgan fingerprint density at radius 1 is 1.37 bits per heavy atom. The van der Waals surface area contributed by atoms with Crippen molar-refractivity contribution in [2.24, 2.45) is 0 Å². The van der Waals surface area contributed by atoms with Crippen LogP contribution in [0.3, 0.4) is 0 Å². The lowest BCUT2D eigenvalue weighted by Crippen LogP contribution is -2.39. The summed E-state index contributed by atoms with van der Waals surface area (Å²) in [6.45, 7) is 7.45. The molecule has 6 heteroatoms. The molecule has 104 valence electrons. The fraction of sp³-hybridized carbons (Fsp3) is 0.769. The summed E-state index contributed by atoms with van der Waals surface area (Å²) >= 11 is 0. The second kappa shape index (κ2) is 5.85. The first-order valence-electron chi connectivity index (χ1n) is 6.69. The van der Waals surface area contributed by atoms with Gasteiger partial charge in [0.1, 0.15) is 5.60 Å². The highest BCUT2D eigenvalue weighted by atomic mass is 16.6. The Kier molecular flexibility index (Phi) is 4.38. The summed E-state index contributed by atoms with van der Waals surface area (Å²) < 4.78 is 15.9. The highest BCUT2D eigenvalue weighted by molar-refractivity contribution is 6.55. The Hall–Kier alpha value is -1.19. The zero-order valence-corrected chi connectivity index (χ0v) is 11.8. The van der Waals surface area contributed by atoms with Crippen molar-refractivity contribution in [3.63, 3.8) is 0 Å². The van der Waals surface area contributed by atoms with Crippen LogP contribution in [0.1, 0.15) is 33.6 Å². The lowest BCUT2D eigenvalue weighted by atomic mass is 9.92. The zero-order valence-electron chi connectivity index (χ0n) is 11.8. The van der Waals surface area contributed by atoms with Gasteiger partial charge in [0, 0.05) is 6.54 Å². The fourth-order valence-corrected chi connectivity index (χ4v) is 2.06. The van der Waals surface area contributed by atoms with Gasteiger partial charge in [0.2, 0.25) is 0 Å². The van der Waals surface area contributed by atoms with Gasteiger partial charge in [0.05, 0.1) is 19.3 Å². The van der Waals surface area contributed by atoms with E-state index in [1.807, 2.05) is 20.8 Å². The molecule has 0 bridgehead atoms. The van der Waals surface area contributed by atoms with Gasteiger partial charge >= 0.3 is 13.2 Å². The van der Waals surface area contributed by atoms with E-state index in [0.29, 0.717) is 19.8 Å². The third kappa shape index (κ3) is 4.15. The molecule has 5 nitrogen and oxygen atoms in total. The van der Waals surface area contributed by atoms with Crippen LogP contribution in [0.15, 0.2) is 0 Å². The minimum atomic E-state index is -0.477. The summed E-state index contributed by atoms with van der Waals surface area (Å²) in [4.78, 5) is 13.7. The van der Waals surface area contributed by atoms with Crippen LogP contribution in [0, 0.1) is 11.7 Å². The second-order valence-corrected chi connectivity index (χ2v) is 5.69. The monoisotopic (exact) mass is 265 g/mol. The van der Waals surface area contributed by atoms with Crippen molar-refractivity contribution in [2.45, 2.75) is 45.3 Å². The van der Waals surface area contributed by atoms with Gasteiger partial charge in [-0.15, -0.1) is 0 Å². The van der Waals surface area contributed by atoms with Crippen LogP contribution in [0.5, 0.6) is 0 Å². The largest absolute Gasteiger partial charge is 0.550 e. The molecule has 0 aromatic rings. The SMILES string of the molecule is CC(C)(C)OC(=O)N1CCCC1C#CB1OCCO1. The highest BCUT2D eigenvalue weighted by Gasteiger charge is 2.31. The molecular weight excluding hydrogens is 245 g/mol. The standard InChI is InChI=1S/C13H20BNO4/c1-13(2,3)19-12(16)15-8-4-5-11(15)6-7-14-17-9-10-18-14/h11H,4-5,8-10H2,1-3H3. The molecule has 1 amide bonds. The number of likely N-dealkylation sites (tertiary alicyclic amines) is 1. The quantitative estimate of drug-likeness (QED) is 0.491. The summed E-state index contributed by atoms with van der Waals surface area (Å²) in [5, 5.41) is 0. The molecule has 1 unspecified atom stereocenters. The van der Waals surface area contributed by atoms with Crippen molar-refractivity contribution < 1.29 is 18.8 Å². The van der Waals surface area contributed by atoms with Gasteiger partial charge in [-0.3, -0.25) is 4.90 Å². The predicted molar refractivity (Wildman–Crippen MR) is 71.4 cm³/mol. The van der Waals surface area contributed by atoms with Crippen molar-refractivity contribution in [3.05, 3.63) is 0 Å². The Balaban J connectivity index is 1.94. The van der Waals surface area contributed by atoms with E-state index in [0.717, 1.165) is 12.8 Å². The molecule has 0 saturated carbocycles. The molecule has 2 aliphatic heterocycles. The Bertz CT molecular complexity index is 390. The first kappa shape index (κ1) is 14.2. The minimum absolute atomic E-state index is 0.0948. The van der Waals surface area contributed by atoms with Crippen LogP contribution in [0.25, 0.3) is 0 Å². The molecular formula is C13H20BNO4. The molecule has 2 aliphatic rings. The lowest BCUT2D eigenvalue weighted by Gasteiger charge is -2.26. The average molecular weight is 265 g/mol. The third-order valence-electron chi connectivity index (χ3n) is 2.87. The predicted octanol–water partition coefficient (Wildman–Crippen LogP) is 1.46. The number of nitrogens with zero attached hydrogens (tertiary/aromatic N) is 1. The number of amides is 1. The Morgan fingerprint density at radius 2 is 2.05 bits per heavy atom. The molecule has 0 aromatic carbocycles. The van der Waals surface area contributed by atoms with E-state index in [2.05, 4.69) is 11.7 Å². The highest BCUT2D eigenvalue weighted by Crippen LogP contribution is 2.20. The lowest BCUT2D eigenvalue weighted by molar-refractivity contribution is 0.0261. The van der Waals surface area contributed by atoms with E-state index >= 15 is 0 Å². The van der Waals surface area contributed by atoms with Crippen molar-refractivity contribution in [3.8, 4) is 11.7 Å². The zero-order chi connectivity index (χ0) is 13.9. The van der Waals surface area contributed by atoms with E-state index < -0.39 is 12.7 Å². The summed E-state index contributed by atoms with van der Waals surface area (Å²) in [5.74, 6) is 5.99. The maximum atomic E-state index is 12.0. The minimum Gasteiger partial charge on any atom is -0.444 e. The normalized spacial score (nSPS) is 23.2. The van der Waals surface area contributed by atoms with Crippen LogP contribution in [-0.4, -0.2) is 49.5 Å². The van der Waals surface area contributed by atoms with E-state index in [-0.39, 0.29) is 12.1 Å². The number of rotatable bonds is 0. The molecule has 2 fully saturated rings. The van der Waals surface area contributed by atoms with Gasteiger partial charge in [0.25, 0.3) is 0 Å². The summed E-state index contributed by atoms with van der Waals surface area (Å²) in [5.41, 5.74) is -0.477. The molecule has 19 heavy (non-hydrogen) atoms. The first-order valence-corrected chi connectivity index (χ1v) is 6.69. The average Bonchev–Trinajstić information content (AvgIpc) is 2.95. The summed E-state index contributed by atoms with van der Waals surface area (Å²) in [6.07, 6.45) is 1.53. The van der Waals surface area contributed by atoms with Crippen molar-refractivity contribution >= 4 is 13.2 Å². The number of ether oxygens (including phenoxy) is 1. The van der Waals surface area contributed by atoms with E-state index in [4.69, 9.17) is 14.0 Å². The Morgan fingerprint density at radius 3 is 2.68 bits per heavy atom. The van der Waals surface area contributed by atoms with Crippen molar-refractivity contribution in [1.82, 2.24) is 4.90 Å². The van der Waals surface area contributed by atoms with Gasteiger partial charge in [-0.1, -0.05) is 11.7 Å². The first-order chi connectivity index (χ1) is 8.96. The smallest absolute Gasteiger partial charge is 0.444 e. The maximum Gasteiger partial charge on any atom is 0.550 e. The van der Waals surface area contributed by atoms with Crippen molar-refractivity contribution in [2.75, 3.05) is 19.8 Å². The van der Waals surface area contributed by atoms with Gasteiger partial charge in [0.15, 0.2) is 0 Å². The molecule has 0 aliphatic carbocycles. The molecule has 0 radical (unpaired) electrons. The molecule has 2 rings (SSSR count). The summed E-state index contributed by atoms with van der Waals surface area (Å²) in [6, 6.07) is -0.0948. The third-order valence-corrected chi connectivity index (χ3v) is 2.87. The van der Waals surface area contributed by atoms with Crippen LogP contribution in [-0.2, 0) is 14.0 Å². The van der Waals surface area contributed by atoms with Crippen LogP contribution < -0.4 is 0 Å². The van der Waals surface area contributed by atoms with E-state index in [1.165, 1.54) is 0 Å². The molecule has 2 saturated heterocycles.